The number of hydrogen-bond donors (Lipinski definition) is 2. The van der Waals surface area contributed by atoms with Crippen LogP contribution in [0.25, 0.3) is 0 Å². The van der Waals surface area contributed by atoms with Crippen LogP contribution in [0.5, 0.6) is 0 Å². The summed E-state index contributed by atoms with van der Waals surface area (Å²) in [6.07, 6.45) is 8.32. The van der Waals surface area contributed by atoms with Crippen LogP contribution in [0.4, 0.5) is 5.13 Å². The normalized spacial score (nSPS) is 34.1. The van der Waals surface area contributed by atoms with Gasteiger partial charge in [0.1, 0.15) is 0 Å². The lowest BCUT2D eigenvalue weighted by atomic mass is 9.48. The highest BCUT2D eigenvalue weighted by Gasteiger charge is 2.53. The second-order valence-corrected chi connectivity index (χ2v) is 10.5. The van der Waals surface area contributed by atoms with E-state index in [1.54, 1.807) is 0 Å². The highest BCUT2D eigenvalue weighted by atomic mass is 32.2. The minimum Gasteiger partial charge on any atom is -0.360 e. The summed E-state index contributed by atoms with van der Waals surface area (Å²) in [5.74, 6) is 3.33. The van der Waals surface area contributed by atoms with Gasteiger partial charge in [-0.15, -0.1) is 10.2 Å². The van der Waals surface area contributed by atoms with Gasteiger partial charge in [0.15, 0.2) is 4.34 Å². The summed E-state index contributed by atoms with van der Waals surface area (Å²) in [7, 11) is 0. The molecule has 0 saturated heterocycles. The summed E-state index contributed by atoms with van der Waals surface area (Å²) < 4.78 is 0.855. The van der Waals surface area contributed by atoms with Gasteiger partial charge in [-0.25, -0.2) is 0 Å². The van der Waals surface area contributed by atoms with Gasteiger partial charge < -0.3 is 10.6 Å². The lowest BCUT2D eigenvalue weighted by Crippen LogP contribution is -2.56. The first kappa shape index (κ1) is 17.6. The number of thioether (sulfide) groups is 1. The number of hydrogen-bond acceptors (Lipinski definition) is 6. The van der Waals surface area contributed by atoms with Crippen LogP contribution in [-0.4, -0.2) is 34.4 Å². The fourth-order valence-electron chi connectivity index (χ4n) is 5.76. The lowest BCUT2D eigenvalue weighted by molar-refractivity contribution is -0.123. The molecule has 0 aliphatic heterocycles. The molecule has 1 aromatic heterocycles. The number of amides is 1. The van der Waals surface area contributed by atoms with Crippen molar-refractivity contribution in [2.45, 2.75) is 62.8 Å². The van der Waals surface area contributed by atoms with Crippen molar-refractivity contribution in [3.63, 3.8) is 0 Å². The van der Waals surface area contributed by atoms with Gasteiger partial charge in [0.05, 0.1) is 5.75 Å². The molecule has 1 atom stereocenters. The third-order valence-corrected chi connectivity index (χ3v) is 8.46. The molecule has 1 amide bonds. The molecule has 0 unspecified atom stereocenters. The van der Waals surface area contributed by atoms with Gasteiger partial charge in [-0.1, -0.05) is 23.1 Å². The fourth-order valence-corrected chi connectivity index (χ4v) is 7.39. The van der Waals surface area contributed by atoms with E-state index in [4.69, 9.17) is 0 Å². The first-order chi connectivity index (χ1) is 12.1. The summed E-state index contributed by atoms with van der Waals surface area (Å²) >= 11 is 3.00. The molecule has 4 aliphatic rings. The Labute approximate surface area is 158 Å². The van der Waals surface area contributed by atoms with Crippen LogP contribution in [0.2, 0.25) is 0 Å². The van der Waals surface area contributed by atoms with Crippen LogP contribution < -0.4 is 10.6 Å². The van der Waals surface area contributed by atoms with Crippen LogP contribution in [-0.2, 0) is 4.79 Å². The van der Waals surface area contributed by atoms with Gasteiger partial charge in [0.25, 0.3) is 0 Å². The Hall–Kier alpha value is -0.820. The van der Waals surface area contributed by atoms with Gasteiger partial charge in [-0.05, 0) is 75.5 Å². The van der Waals surface area contributed by atoms with E-state index in [-0.39, 0.29) is 5.91 Å². The Kier molecular flexibility index (Phi) is 4.97. The molecule has 4 saturated carbocycles. The highest BCUT2D eigenvalue weighted by molar-refractivity contribution is 8.01. The van der Waals surface area contributed by atoms with E-state index in [1.807, 2.05) is 6.92 Å². The lowest BCUT2D eigenvalue weighted by Gasteiger charge is -2.59. The molecule has 1 heterocycles. The molecular weight excluding hydrogens is 352 g/mol. The number of aromatic nitrogens is 2. The van der Waals surface area contributed by atoms with Crippen molar-refractivity contribution in [2.24, 2.45) is 23.2 Å². The van der Waals surface area contributed by atoms with Gasteiger partial charge >= 0.3 is 0 Å². The highest BCUT2D eigenvalue weighted by Crippen LogP contribution is 2.61. The molecule has 138 valence electrons. The van der Waals surface area contributed by atoms with E-state index in [1.165, 1.54) is 61.6 Å². The summed E-state index contributed by atoms with van der Waals surface area (Å²) in [5.41, 5.74) is 0.371. The van der Waals surface area contributed by atoms with Crippen molar-refractivity contribution in [3.05, 3.63) is 0 Å². The SMILES string of the molecule is CCNc1nnc(SCC(=O)N[C@H](C)C23CC4CC(CC(C4)C2)C3)s1. The minimum atomic E-state index is 0.133. The van der Waals surface area contributed by atoms with E-state index < -0.39 is 0 Å². The van der Waals surface area contributed by atoms with Crippen molar-refractivity contribution < 1.29 is 4.79 Å². The summed E-state index contributed by atoms with van der Waals surface area (Å²) in [6.45, 7) is 5.11. The topological polar surface area (TPSA) is 66.9 Å². The summed E-state index contributed by atoms with van der Waals surface area (Å²) in [5, 5.41) is 15.5. The molecule has 4 aliphatic carbocycles. The average molecular weight is 381 g/mol. The molecule has 0 spiro atoms. The van der Waals surface area contributed by atoms with Crippen molar-refractivity contribution in [1.29, 1.82) is 0 Å². The molecule has 0 aromatic carbocycles. The fraction of sp³-hybridized carbons (Fsp3) is 0.833. The van der Waals surface area contributed by atoms with Crippen LogP contribution in [0.15, 0.2) is 4.34 Å². The van der Waals surface area contributed by atoms with Crippen LogP contribution in [0.3, 0.4) is 0 Å². The summed E-state index contributed by atoms with van der Waals surface area (Å²) in [4.78, 5) is 12.5. The first-order valence-electron chi connectivity index (χ1n) is 9.56. The number of nitrogens with one attached hydrogen (secondary N) is 2. The number of carbonyl (C=O) groups excluding carboxylic acids is 1. The van der Waals surface area contributed by atoms with Gasteiger partial charge in [0, 0.05) is 12.6 Å². The van der Waals surface area contributed by atoms with Crippen molar-refractivity contribution in [1.82, 2.24) is 15.5 Å². The molecule has 5 rings (SSSR count). The number of anilines is 1. The zero-order valence-electron chi connectivity index (χ0n) is 15.1. The molecule has 7 heteroatoms. The maximum absolute atomic E-state index is 12.5. The maximum atomic E-state index is 12.5. The average Bonchev–Trinajstić information content (AvgIpc) is 3.00. The summed E-state index contributed by atoms with van der Waals surface area (Å²) in [6, 6.07) is 0.292. The van der Waals surface area contributed by atoms with E-state index in [2.05, 4.69) is 27.8 Å². The zero-order chi connectivity index (χ0) is 17.4. The van der Waals surface area contributed by atoms with Crippen molar-refractivity contribution in [2.75, 3.05) is 17.6 Å². The second-order valence-electron chi connectivity index (χ2n) is 8.26. The Bertz CT molecular complexity index is 597. The molecule has 4 bridgehead atoms. The maximum Gasteiger partial charge on any atom is 0.230 e. The standard InChI is InChI=1S/C18H28N4OS2/c1-3-19-16-21-22-17(25-16)24-10-15(23)20-11(2)18-7-12-4-13(8-18)6-14(5-12)9-18/h11-14H,3-10H2,1-2H3,(H,19,21)(H,20,23)/t11-,12?,13?,14?,18?/m1/s1. The largest absolute Gasteiger partial charge is 0.360 e. The van der Waals surface area contributed by atoms with E-state index in [9.17, 15) is 4.79 Å². The van der Waals surface area contributed by atoms with Gasteiger partial charge in [0.2, 0.25) is 11.0 Å². The van der Waals surface area contributed by atoms with E-state index in [0.29, 0.717) is 17.2 Å². The van der Waals surface area contributed by atoms with Gasteiger partial charge in [-0.2, -0.15) is 0 Å². The Morgan fingerprint density at radius 2 is 1.88 bits per heavy atom. The molecular formula is C18H28N4OS2. The third-order valence-electron chi connectivity index (χ3n) is 6.44. The van der Waals surface area contributed by atoms with Crippen molar-refractivity contribution in [3.8, 4) is 0 Å². The first-order valence-corrected chi connectivity index (χ1v) is 11.4. The second kappa shape index (κ2) is 7.06. The Morgan fingerprint density at radius 3 is 2.48 bits per heavy atom. The van der Waals surface area contributed by atoms with E-state index in [0.717, 1.165) is 33.8 Å². The number of nitrogens with zero attached hydrogens (tertiary/aromatic N) is 2. The van der Waals surface area contributed by atoms with E-state index >= 15 is 0 Å². The molecule has 2 N–H and O–H groups in total. The minimum absolute atomic E-state index is 0.133. The quantitative estimate of drug-likeness (QED) is 0.705. The molecule has 4 fully saturated rings. The predicted molar refractivity (Wildman–Crippen MR) is 103 cm³/mol. The molecule has 5 nitrogen and oxygen atoms in total. The number of carbonyl (C=O) groups is 1. The molecule has 25 heavy (non-hydrogen) atoms. The zero-order valence-corrected chi connectivity index (χ0v) is 16.7. The Balaban J connectivity index is 1.30. The molecule has 1 aromatic rings. The smallest absolute Gasteiger partial charge is 0.230 e. The number of rotatable bonds is 7. The predicted octanol–water partition coefficient (Wildman–Crippen LogP) is 3.78. The van der Waals surface area contributed by atoms with Crippen LogP contribution >= 0.6 is 23.1 Å². The van der Waals surface area contributed by atoms with Crippen molar-refractivity contribution >= 4 is 34.1 Å². The Morgan fingerprint density at radius 1 is 1.24 bits per heavy atom. The molecule has 0 radical (unpaired) electrons. The monoisotopic (exact) mass is 380 g/mol. The van der Waals surface area contributed by atoms with Gasteiger partial charge in [-0.3, -0.25) is 4.79 Å². The third kappa shape index (κ3) is 3.68. The van der Waals surface area contributed by atoms with Crippen LogP contribution in [0, 0.1) is 23.2 Å². The van der Waals surface area contributed by atoms with Crippen LogP contribution in [0.1, 0.15) is 52.4 Å².